The van der Waals surface area contributed by atoms with E-state index in [1.165, 1.54) is 0 Å². The third kappa shape index (κ3) is 8.34. The standard InChI is InChI=1S/C23H30N4O3/c1-17(2)25-22(29)15-18-9-11-20(12-10-18)26-21(28)13-14-24-23(30)27(3)16-19-7-5-4-6-8-19/h4-12,17H,13-16H2,1-3H3,(H,24,30)(H,25,29)(H,26,28). The van der Waals surface area contributed by atoms with Gasteiger partial charge < -0.3 is 20.9 Å². The predicted octanol–water partition coefficient (Wildman–Crippen LogP) is 2.92. The molecule has 0 radical (unpaired) electrons. The first kappa shape index (κ1) is 22.9. The number of nitrogens with zero attached hydrogens (tertiary/aromatic N) is 1. The maximum absolute atomic E-state index is 12.1. The number of carbonyl (C=O) groups is 3. The molecule has 0 bridgehead atoms. The van der Waals surface area contributed by atoms with Gasteiger partial charge in [-0.1, -0.05) is 42.5 Å². The average molecular weight is 411 g/mol. The van der Waals surface area contributed by atoms with Crippen LogP contribution in [0.2, 0.25) is 0 Å². The molecule has 0 unspecified atom stereocenters. The fourth-order valence-electron chi connectivity index (χ4n) is 2.83. The van der Waals surface area contributed by atoms with Gasteiger partial charge in [0.15, 0.2) is 0 Å². The molecule has 7 nitrogen and oxygen atoms in total. The fraction of sp³-hybridized carbons (Fsp3) is 0.348. The van der Waals surface area contributed by atoms with Crippen LogP contribution < -0.4 is 16.0 Å². The number of amides is 4. The average Bonchev–Trinajstić information content (AvgIpc) is 2.69. The molecular formula is C23H30N4O3. The molecule has 7 heteroatoms. The van der Waals surface area contributed by atoms with Crippen molar-refractivity contribution in [3.63, 3.8) is 0 Å². The molecule has 0 heterocycles. The summed E-state index contributed by atoms with van der Waals surface area (Å²) in [5, 5.41) is 8.39. The number of nitrogens with one attached hydrogen (secondary N) is 3. The minimum Gasteiger partial charge on any atom is -0.354 e. The molecular weight excluding hydrogens is 380 g/mol. The first-order valence-corrected chi connectivity index (χ1v) is 10.0. The van der Waals surface area contributed by atoms with E-state index in [1.54, 1.807) is 24.1 Å². The molecule has 4 amide bonds. The lowest BCUT2D eigenvalue weighted by atomic mass is 10.1. The van der Waals surface area contributed by atoms with Crippen LogP contribution in [0.4, 0.5) is 10.5 Å². The SMILES string of the molecule is CC(C)NC(=O)Cc1ccc(NC(=O)CCNC(=O)N(C)Cc2ccccc2)cc1. The Bertz CT molecular complexity index is 835. The van der Waals surface area contributed by atoms with Crippen LogP contribution in [-0.2, 0) is 22.6 Å². The molecule has 0 aliphatic rings. The zero-order valence-electron chi connectivity index (χ0n) is 17.8. The van der Waals surface area contributed by atoms with E-state index in [0.717, 1.165) is 11.1 Å². The Balaban J connectivity index is 1.70. The Morgan fingerprint density at radius 2 is 1.57 bits per heavy atom. The van der Waals surface area contributed by atoms with Gasteiger partial charge in [0, 0.05) is 38.3 Å². The van der Waals surface area contributed by atoms with E-state index in [0.29, 0.717) is 18.7 Å². The van der Waals surface area contributed by atoms with Crippen LogP contribution in [0.25, 0.3) is 0 Å². The highest BCUT2D eigenvalue weighted by molar-refractivity contribution is 5.91. The first-order chi connectivity index (χ1) is 14.3. The molecule has 2 aromatic carbocycles. The second kappa shape index (κ2) is 11.6. The van der Waals surface area contributed by atoms with Gasteiger partial charge in [0.1, 0.15) is 0 Å². The van der Waals surface area contributed by atoms with Crippen molar-refractivity contribution in [2.24, 2.45) is 0 Å². The number of carbonyl (C=O) groups excluding carboxylic acids is 3. The van der Waals surface area contributed by atoms with Crippen LogP contribution in [0.5, 0.6) is 0 Å². The maximum Gasteiger partial charge on any atom is 0.317 e. The van der Waals surface area contributed by atoms with Gasteiger partial charge in [0.25, 0.3) is 0 Å². The molecule has 0 fully saturated rings. The van der Waals surface area contributed by atoms with Crippen LogP contribution in [-0.4, -0.2) is 42.4 Å². The lowest BCUT2D eigenvalue weighted by Gasteiger charge is -2.18. The zero-order valence-corrected chi connectivity index (χ0v) is 17.8. The normalized spacial score (nSPS) is 10.4. The second-order valence-corrected chi connectivity index (χ2v) is 7.47. The topological polar surface area (TPSA) is 90.5 Å². The molecule has 0 saturated carbocycles. The van der Waals surface area contributed by atoms with Gasteiger partial charge >= 0.3 is 6.03 Å². The number of rotatable bonds is 9. The van der Waals surface area contributed by atoms with E-state index in [4.69, 9.17) is 0 Å². The minimum absolute atomic E-state index is 0.0326. The molecule has 0 aromatic heterocycles. The largest absolute Gasteiger partial charge is 0.354 e. The van der Waals surface area contributed by atoms with E-state index in [9.17, 15) is 14.4 Å². The van der Waals surface area contributed by atoms with Crippen molar-refractivity contribution in [3.8, 4) is 0 Å². The minimum atomic E-state index is -0.226. The highest BCUT2D eigenvalue weighted by Crippen LogP contribution is 2.10. The van der Waals surface area contributed by atoms with Crippen LogP contribution >= 0.6 is 0 Å². The van der Waals surface area contributed by atoms with Crippen molar-refractivity contribution in [3.05, 3.63) is 65.7 Å². The van der Waals surface area contributed by atoms with Crippen molar-refractivity contribution in [1.82, 2.24) is 15.5 Å². The molecule has 3 N–H and O–H groups in total. The second-order valence-electron chi connectivity index (χ2n) is 7.47. The highest BCUT2D eigenvalue weighted by Gasteiger charge is 2.10. The smallest absolute Gasteiger partial charge is 0.317 e. The zero-order chi connectivity index (χ0) is 21.9. The molecule has 160 valence electrons. The predicted molar refractivity (Wildman–Crippen MR) is 118 cm³/mol. The van der Waals surface area contributed by atoms with Crippen LogP contribution in [0.3, 0.4) is 0 Å². The Morgan fingerprint density at radius 1 is 0.900 bits per heavy atom. The van der Waals surface area contributed by atoms with Crippen molar-refractivity contribution < 1.29 is 14.4 Å². The Morgan fingerprint density at radius 3 is 2.20 bits per heavy atom. The summed E-state index contributed by atoms with van der Waals surface area (Å²) in [4.78, 5) is 37.6. The summed E-state index contributed by atoms with van der Waals surface area (Å²) in [6.07, 6.45) is 0.471. The molecule has 0 saturated heterocycles. The van der Waals surface area contributed by atoms with Gasteiger partial charge in [-0.2, -0.15) is 0 Å². The summed E-state index contributed by atoms with van der Waals surface area (Å²) >= 11 is 0. The molecule has 0 aliphatic heterocycles. The summed E-state index contributed by atoms with van der Waals surface area (Å²) in [5.74, 6) is -0.221. The van der Waals surface area contributed by atoms with E-state index in [-0.39, 0.29) is 36.9 Å². The van der Waals surface area contributed by atoms with Gasteiger partial charge in [-0.15, -0.1) is 0 Å². The summed E-state index contributed by atoms with van der Waals surface area (Å²) in [6, 6.07) is 16.7. The van der Waals surface area contributed by atoms with Crippen molar-refractivity contribution >= 4 is 23.5 Å². The lowest BCUT2D eigenvalue weighted by Crippen LogP contribution is -2.38. The number of hydrogen-bond donors (Lipinski definition) is 3. The van der Waals surface area contributed by atoms with Crippen LogP contribution in [0.15, 0.2) is 54.6 Å². The molecule has 0 spiro atoms. The van der Waals surface area contributed by atoms with E-state index >= 15 is 0 Å². The first-order valence-electron chi connectivity index (χ1n) is 10.0. The van der Waals surface area contributed by atoms with Gasteiger partial charge in [0.05, 0.1) is 6.42 Å². The van der Waals surface area contributed by atoms with Gasteiger partial charge in [-0.05, 0) is 37.1 Å². The molecule has 0 aliphatic carbocycles. The van der Waals surface area contributed by atoms with Gasteiger partial charge in [0.2, 0.25) is 11.8 Å². The highest BCUT2D eigenvalue weighted by atomic mass is 16.2. The Labute approximate surface area is 177 Å². The lowest BCUT2D eigenvalue weighted by molar-refractivity contribution is -0.121. The Kier molecular flexibility index (Phi) is 8.87. The maximum atomic E-state index is 12.1. The molecule has 2 rings (SSSR count). The van der Waals surface area contributed by atoms with Gasteiger partial charge in [-0.25, -0.2) is 4.79 Å². The summed E-state index contributed by atoms with van der Waals surface area (Å²) in [5.41, 5.74) is 2.57. The van der Waals surface area contributed by atoms with Crippen molar-refractivity contribution in [2.45, 2.75) is 39.3 Å². The monoisotopic (exact) mass is 410 g/mol. The molecule has 30 heavy (non-hydrogen) atoms. The quantitative estimate of drug-likeness (QED) is 0.594. The van der Waals surface area contributed by atoms with E-state index < -0.39 is 0 Å². The summed E-state index contributed by atoms with van der Waals surface area (Å²) in [6.45, 7) is 4.58. The van der Waals surface area contributed by atoms with Gasteiger partial charge in [-0.3, -0.25) is 9.59 Å². The number of benzene rings is 2. The molecule has 0 atom stereocenters. The van der Waals surface area contributed by atoms with Crippen molar-refractivity contribution in [1.29, 1.82) is 0 Å². The number of anilines is 1. The van der Waals surface area contributed by atoms with Crippen LogP contribution in [0.1, 0.15) is 31.4 Å². The van der Waals surface area contributed by atoms with E-state index in [1.807, 2.05) is 56.3 Å². The summed E-state index contributed by atoms with van der Waals surface area (Å²) < 4.78 is 0. The third-order valence-electron chi connectivity index (χ3n) is 4.29. The Hall–Kier alpha value is -3.35. The molecule has 2 aromatic rings. The van der Waals surface area contributed by atoms with Crippen molar-refractivity contribution in [2.75, 3.05) is 18.9 Å². The fourth-order valence-corrected chi connectivity index (χ4v) is 2.83. The summed E-state index contributed by atoms with van der Waals surface area (Å²) in [7, 11) is 1.71. The number of urea groups is 1. The van der Waals surface area contributed by atoms with Crippen LogP contribution in [0, 0.1) is 0 Å². The third-order valence-corrected chi connectivity index (χ3v) is 4.29. The number of hydrogen-bond acceptors (Lipinski definition) is 3. The van der Waals surface area contributed by atoms with E-state index in [2.05, 4.69) is 16.0 Å².